The second kappa shape index (κ2) is 4.79. The van der Waals surface area contributed by atoms with Gasteiger partial charge >= 0.3 is 0 Å². The summed E-state index contributed by atoms with van der Waals surface area (Å²) in [5.74, 6) is -0.134. The molecule has 1 atom stereocenters. The highest BCUT2D eigenvalue weighted by Crippen LogP contribution is 2.20. The Balaban J connectivity index is 1.79. The van der Waals surface area contributed by atoms with Crippen LogP contribution in [0.5, 0.6) is 0 Å². The summed E-state index contributed by atoms with van der Waals surface area (Å²) < 4.78 is 22.7. The van der Waals surface area contributed by atoms with Crippen molar-refractivity contribution in [1.29, 1.82) is 0 Å². The summed E-state index contributed by atoms with van der Waals surface area (Å²) in [5.41, 5.74) is 1.19. The van der Waals surface area contributed by atoms with Crippen LogP contribution in [0, 0.1) is 0 Å². The van der Waals surface area contributed by atoms with Gasteiger partial charge in [0.25, 0.3) is 5.91 Å². The zero-order valence-electron chi connectivity index (χ0n) is 10.5. The van der Waals surface area contributed by atoms with Crippen molar-refractivity contribution in [2.24, 2.45) is 0 Å². The number of carbonyl (C=O) groups is 1. The molecule has 0 saturated carbocycles. The highest BCUT2D eigenvalue weighted by atomic mass is 35.5. The highest BCUT2D eigenvalue weighted by molar-refractivity contribution is 7.91. The normalized spacial score (nSPS) is 21.1. The van der Waals surface area contributed by atoms with E-state index in [-0.39, 0.29) is 23.5 Å². The fourth-order valence-electron chi connectivity index (χ4n) is 2.39. The number of H-pyrrole nitrogens is 1. The maximum Gasteiger partial charge on any atom is 0.267 e. The van der Waals surface area contributed by atoms with Crippen molar-refractivity contribution in [3.8, 4) is 0 Å². The number of hydrogen-bond acceptors (Lipinski definition) is 3. The van der Waals surface area contributed by atoms with Crippen LogP contribution in [0.25, 0.3) is 10.9 Å². The molecule has 2 heterocycles. The van der Waals surface area contributed by atoms with Crippen LogP contribution in [0.2, 0.25) is 5.02 Å². The second-order valence-corrected chi connectivity index (χ2v) is 7.65. The monoisotopic (exact) mass is 312 g/mol. The van der Waals surface area contributed by atoms with E-state index in [1.807, 2.05) is 6.07 Å². The van der Waals surface area contributed by atoms with Crippen LogP contribution >= 0.6 is 11.6 Å². The molecule has 2 aromatic rings. The van der Waals surface area contributed by atoms with Gasteiger partial charge in [0.15, 0.2) is 9.84 Å². The molecule has 1 aliphatic rings. The number of fused-ring (bicyclic) bond motifs is 1. The van der Waals surface area contributed by atoms with Crippen molar-refractivity contribution in [3.63, 3.8) is 0 Å². The molecular weight excluding hydrogens is 300 g/mol. The largest absolute Gasteiger partial charge is 0.350 e. The first kappa shape index (κ1) is 13.5. The number of rotatable bonds is 2. The van der Waals surface area contributed by atoms with Crippen molar-refractivity contribution in [3.05, 3.63) is 35.0 Å². The van der Waals surface area contributed by atoms with Gasteiger partial charge in [-0.2, -0.15) is 0 Å². The predicted molar refractivity (Wildman–Crippen MR) is 77.8 cm³/mol. The van der Waals surface area contributed by atoms with E-state index < -0.39 is 9.84 Å². The lowest BCUT2D eigenvalue weighted by molar-refractivity contribution is 0.0937. The summed E-state index contributed by atoms with van der Waals surface area (Å²) in [6.07, 6.45) is 0.472. The first-order chi connectivity index (χ1) is 9.43. The van der Waals surface area contributed by atoms with E-state index in [1.54, 1.807) is 18.2 Å². The van der Waals surface area contributed by atoms with Crippen molar-refractivity contribution in [1.82, 2.24) is 10.3 Å². The second-order valence-electron chi connectivity index (χ2n) is 4.99. The van der Waals surface area contributed by atoms with Gasteiger partial charge in [0.05, 0.1) is 11.5 Å². The van der Waals surface area contributed by atoms with E-state index >= 15 is 0 Å². The summed E-state index contributed by atoms with van der Waals surface area (Å²) in [7, 11) is -3.00. The van der Waals surface area contributed by atoms with E-state index in [0.717, 1.165) is 10.9 Å². The minimum Gasteiger partial charge on any atom is -0.350 e. The molecule has 1 fully saturated rings. The summed E-state index contributed by atoms with van der Waals surface area (Å²) in [6, 6.07) is 6.74. The summed E-state index contributed by atoms with van der Waals surface area (Å²) in [4.78, 5) is 15.1. The smallest absolute Gasteiger partial charge is 0.267 e. The van der Waals surface area contributed by atoms with Gasteiger partial charge in [0.2, 0.25) is 0 Å². The number of amides is 1. The van der Waals surface area contributed by atoms with Gasteiger partial charge in [-0.1, -0.05) is 17.7 Å². The van der Waals surface area contributed by atoms with Crippen LogP contribution < -0.4 is 5.32 Å². The predicted octanol–water partition coefficient (Wildman–Crippen LogP) is 1.74. The van der Waals surface area contributed by atoms with Crippen molar-refractivity contribution >= 4 is 38.2 Å². The van der Waals surface area contributed by atoms with Gasteiger partial charge in [-0.25, -0.2) is 8.42 Å². The standard InChI is InChI=1S/C13H13ClN2O3S/c14-9-2-1-8-5-12(16-11(8)6-9)13(17)15-10-3-4-20(18,19)7-10/h1-2,5-6,10,16H,3-4,7H2,(H,15,17)/t10-/m1/s1. The Kier molecular flexibility index (Phi) is 3.22. The van der Waals surface area contributed by atoms with Crippen LogP contribution in [0.4, 0.5) is 0 Å². The third-order valence-electron chi connectivity index (χ3n) is 3.40. The van der Waals surface area contributed by atoms with Crippen LogP contribution in [0.3, 0.4) is 0 Å². The van der Waals surface area contributed by atoms with Crippen LogP contribution in [0.15, 0.2) is 24.3 Å². The lowest BCUT2D eigenvalue weighted by Crippen LogP contribution is -2.35. The molecule has 5 nitrogen and oxygen atoms in total. The molecule has 2 N–H and O–H groups in total. The summed E-state index contributed by atoms with van der Waals surface area (Å²) in [6.45, 7) is 0. The Morgan fingerprint density at radius 2 is 2.15 bits per heavy atom. The Morgan fingerprint density at radius 3 is 2.85 bits per heavy atom. The lowest BCUT2D eigenvalue weighted by atomic mass is 10.2. The fourth-order valence-corrected chi connectivity index (χ4v) is 4.24. The third-order valence-corrected chi connectivity index (χ3v) is 5.40. The molecule has 1 amide bonds. The van der Waals surface area contributed by atoms with Crippen LogP contribution in [-0.4, -0.2) is 36.9 Å². The minimum atomic E-state index is -3.00. The topological polar surface area (TPSA) is 79.0 Å². The van der Waals surface area contributed by atoms with Gasteiger partial charge in [-0.3, -0.25) is 4.79 Å². The molecule has 0 aliphatic carbocycles. The fraction of sp³-hybridized carbons (Fsp3) is 0.308. The number of halogens is 1. The van der Waals surface area contributed by atoms with Gasteiger partial charge < -0.3 is 10.3 Å². The average molecular weight is 313 g/mol. The Morgan fingerprint density at radius 1 is 1.35 bits per heavy atom. The molecule has 106 valence electrons. The number of aromatic amines is 1. The Hall–Kier alpha value is -1.53. The Labute approximate surface area is 121 Å². The molecule has 1 aliphatic heterocycles. The maximum absolute atomic E-state index is 12.1. The summed E-state index contributed by atoms with van der Waals surface area (Å²) >= 11 is 5.89. The van der Waals surface area contributed by atoms with Gasteiger partial charge in [0, 0.05) is 22.0 Å². The van der Waals surface area contributed by atoms with E-state index in [0.29, 0.717) is 17.1 Å². The molecule has 0 unspecified atom stereocenters. The molecule has 1 saturated heterocycles. The first-order valence-electron chi connectivity index (χ1n) is 6.22. The van der Waals surface area contributed by atoms with Gasteiger partial charge in [-0.15, -0.1) is 0 Å². The SMILES string of the molecule is O=C(N[C@@H]1CCS(=O)(=O)C1)c1cc2ccc(Cl)cc2[nH]1. The van der Waals surface area contributed by atoms with Crippen LogP contribution in [-0.2, 0) is 9.84 Å². The number of sulfone groups is 1. The average Bonchev–Trinajstić information content (AvgIpc) is 2.92. The lowest BCUT2D eigenvalue weighted by Gasteiger charge is -2.09. The third kappa shape index (κ3) is 2.66. The minimum absolute atomic E-state index is 0.0186. The number of aromatic nitrogens is 1. The number of carbonyl (C=O) groups excluding carboxylic acids is 1. The van der Waals surface area contributed by atoms with Crippen LogP contribution in [0.1, 0.15) is 16.9 Å². The molecule has 0 spiro atoms. The number of hydrogen-bond donors (Lipinski definition) is 2. The first-order valence-corrected chi connectivity index (χ1v) is 8.42. The van der Waals surface area contributed by atoms with Crippen molar-refractivity contribution in [2.75, 3.05) is 11.5 Å². The zero-order valence-corrected chi connectivity index (χ0v) is 12.1. The summed E-state index contributed by atoms with van der Waals surface area (Å²) in [5, 5.41) is 4.22. The molecule has 20 heavy (non-hydrogen) atoms. The van der Waals surface area contributed by atoms with Gasteiger partial charge in [-0.05, 0) is 24.6 Å². The van der Waals surface area contributed by atoms with Crippen molar-refractivity contribution in [2.45, 2.75) is 12.5 Å². The molecular formula is C13H13ClN2O3S. The van der Waals surface area contributed by atoms with Crippen molar-refractivity contribution < 1.29 is 13.2 Å². The Bertz CT molecular complexity index is 782. The molecule has 1 aromatic heterocycles. The van der Waals surface area contributed by atoms with E-state index in [4.69, 9.17) is 11.6 Å². The van der Waals surface area contributed by atoms with E-state index in [2.05, 4.69) is 10.3 Å². The molecule has 3 rings (SSSR count). The number of nitrogens with one attached hydrogen (secondary N) is 2. The molecule has 0 radical (unpaired) electrons. The highest BCUT2D eigenvalue weighted by Gasteiger charge is 2.29. The maximum atomic E-state index is 12.1. The quantitative estimate of drug-likeness (QED) is 0.886. The zero-order chi connectivity index (χ0) is 14.3. The molecule has 1 aromatic carbocycles. The van der Waals surface area contributed by atoms with Gasteiger partial charge in [0.1, 0.15) is 5.69 Å². The number of benzene rings is 1. The van der Waals surface area contributed by atoms with E-state index in [9.17, 15) is 13.2 Å². The molecule has 0 bridgehead atoms. The van der Waals surface area contributed by atoms with E-state index in [1.165, 1.54) is 0 Å². The molecule has 7 heteroatoms.